The summed E-state index contributed by atoms with van der Waals surface area (Å²) in [6, 6.07) is 0.0937. The molecule has 1 aromatic rings. The first-order valence-electron chi connectivity index (χ1n) is 10.8. The third-order valence-electron chi connectivity index (χ3n) is 6.37. The van der Waals surface area contributed by atoms with E-state index in [4.69, 9.17) is 4.74 Å². The number of likely N-dealkylation sites (tertiary alicyclic amines) is 1. The Morgan fingerprint density at radius 1 is 1.11 bits per heavy atom. The van der Waals surface area contributed by atoms with E-state index >= 15 is 0 Å². The molecule has 0 radical (unpaired) electrons. The number of aryl methyl sites for hydroxylation is 1. The van der Waals surface area contributed by atoms with Gasteiger partial charge in [0.15, 0.2) is 0 Å². The highest BCUT2D eigenvalue weighted by Crippen LogP contribution is 2.29. The summed E-state index contributed by atoms with van der Waals surface area (Å²) >= 11 is 0. The molecule has 3 aliphatic heterocycles. The van der Waals surface area contributed by atoms with Gasteiger partial charge in [0.05, 0.1) is 0 Å². The SMILES string of the molecule is O=C(NCCCC1CCOC1)N1CCC(c2nnc3n2CCCCC3)CC1. The second kappa shape index (κ2) is 9.04. The van der Waals surface area contributed by atoms with E-state index in [0.717, 1.165) is 83.1 Å². The molecule has 2 saturated heterocycles. The van der Waals surface area contributed by atoms with Crippen LogP contribution in [0.4, 0.5) is 4.79 Å². The standard InChI is InChI=1S/C20H33N5O2/c26-20(21-10-4-5-16-9-14-27-15-16)24-12-7-17(8-13-24)19-23-22-18-6-2-1-3-11-25(18)19/h16-17H,1-15H2,(H,21,26). The second-order valence-corrected chi connectivity index (χ2v) is 8.30. The van der Waals surface area contributed by atoms with Crippen LogP contribution in [0.2, 0.25) is 0 Å². The van der Waals surface area contributed by atoms with Gasteiger partial charge < -0.3 is 19.5 Å². The summed E-state index contributed by atoms with van der Waals surface area (Å²) in [5.41, 5.74) is 0. The van der Waals surface area contributed by atoms with Gasteiger partial charge in [-0.1, -0.05) is 6.42 Å². The van der Waals surface area contributed by atoms with Gasteiger partial charge in [0.2, 0.25) is 0 Å². The van der Waals surface area contributed by atoms with Gasteiger partial charge >= 0.3 is 6.03 Å². The van der Waals surface area contributed by atoms with Crippen molar-refractivity contribution in [2.45, 2.75) is 70.3 Å². The van der Waals surface area contributed by atoms with Crippen molar-refractivity contribution in [1.82, 2.24) is 25.0 Å². The molecular weight excluding hydrogens is 342 g/mol. The number of nitrogens with zero attached hydrogens (tertiary/aromatic N) is 4. The van der Waals surface area contributed by atoms with Crippen LogP contribution in [0.3, 0.4) is 0 Å². The minimum Gasteiger partial charge on any atom is -0.381 e. The number of rotatable bonds is 5. The van der Waals surface area contributed by atoms with Gasteiger partial charge in [0.1, 0.15) is 11.6 Å². The molecule has 1 atom stereocenters. The van der Waals surface area contributed by atoms with E-state index in [-0.39, 0.29) is 6.03 Å². The number of piperidine rings is 1. The predicted molar refractivity (Wildman–Crippen MR) is 103 cm³/mol. The molecular formula is C20H33N5O2. The van der Waals surface area contributed by atoms with Crippen LogP contribution in [0.15, 0.2) is 0 Å². The average molecular weight is 376 g/mol. The summed E-state index contributed by atoms with van der Waals surface area (Å²) in [4.78, 5) is 14.4. The van der Waals surface area contributed by atoms with Crippen molar-refractivity contribution >= 4 is 6.03 Å². The number of hydrogen-bond acceptors (Lipinski definition) is 4. The quantitative estimate of drug-likeness (QED) is 0.803. The minimum absolute atomic E-state index is 0.0937. The molecule has 0 spiro atoms. The van der Waals surface area contributed by atoms with Crippen molar-refractivity contribution in [2.75, 3.05) is 32.8 Å². The lowest BCUT2D eigenvalue weighted by Gasteiger charge is -2.31. The highest BCUT2D eigenvalue weighted by molar-refractivity contribution is 5.74. The van der Waals surface area contributed by atoms with Crippen LogP contribution in [0.25, 0.3) is 0 Å². The first-order valence-corrected chi connectivity index (χ1v) is 10.8. The zero-order valence-corrected chi connectivity index (χ0v) is 16.4. The Morgan fingerprint density at radius 2 is 2.00 bits per heavy atom. The lowest BCUT2D eigenvalue weighted by Crippen LogP contribution is -2.44. The topological polar surface area (TPSA) is 72.3 Å². The summed E-state index contributed by atoms with van der Waals surface area (Å²) in [6.07, 6.45) is 10.2. The summed E-state index contributed by atoms with van der Waals surface area (Å²) < 4.78 is 7.77. The fraction of sp³-hybridized carbons (Fsp3) is 0.850. The molecule has 7 nitrogen and oxygen atoms in total. The number of urea groups is 1. The van der Waals surface area contributed by atoms with E-state index in [1.54, 1.807) is 0 Å². The van der Waals surface area contributed by atoms with Crippen LogP contribution in [0, 0.1) is 5.92 Å². The van der Waals surface area contributed by atoms with E-state index in [9.17, 15) is 4.79 Å². The molecule has 4 heterocycles. The summed E-state index contributed by atoms with van der Waals surface area (Å²) in [5.74, 6) is 3.45. The number of carbonyl (C=O) groups excluding carboxylic acids is 1. The van der Waals surface area contributed by atoms with E-state index in [1.165, 1.54) is 25.7 Å². The van der Waals surface area contributed by atoms with Gasteiger partial charge in [-0.15, -0.1) is 10.2 Å². The predicted octanol–water partition coefficient (Wildman–Crippen LogP) is 2.71. The van der Waals surface area contributed by atoms with Gasteiger partial charge in [0.25, 0.3) is 0 Å². The van der Waals surface area contributed by atoms with Crippen LogP contribution in [-0.2, 0) is 17.7 Å². The van der Waals surface area contributed by atoms with Crippen molar-refractivity contribution in [1.29, 1.82) is 0 Å². The maximum Gasteiger partial charge on any atom is 0.317 e. The molecule has 27 heavy (non-hydrogen) atoms. The van der Waals surface area contributed by atoms with Crippen molar-refractivity contribution in [3.8, 4) is 0 Å². The largest absolute Gasteiger partial charge is 0.381 e. The monoisotopic (exact) mass is 375 g/mol. The van der Waals surface area contributed by atoms with Gasteiger partial charge in [-0.3, -0.25) is 0 Å². The highest BCUT2D eigenvalue weighted by Gasteiger charge is 2.28. The third-order valence-corrected chi connectivity index (χ3v) is 6.37. The number of amides is 2. The molecule has 0 bridgehead atoms. The van der Waals surface area contributed by atoms with Crippen LogP contribution in [-0.4, -0.2) is 58.5 Å². The van der Waals surface area contributed by atoms with E-state index < -0.39 is 0 Å². The van der Waals surface area contributed by atoms with Crippen molar-refractivity contribution in [3.63, 3.8) is 0 Å². The molecule has 1 aromatic heterocycles. The number of ether oxygens (including phenoxy) is 1. The number of nitrogens with one attached hydrogen (secondary N) is 1. The van der Waals surface area contributed by atoms with Crippen molar-refractivity contribution in [3.05, 3.63) is 11.6 Å². The molecule has 0 aromatic carbocycles. The molecule has 150 valence electrons. The Morgan fingerprint density at radius 3 is 2.81 bits per heavy atom. The maximum absolute atomic E-state index is 12.4. The molecule has 0 saturated carbocycles. The highest BCUT2D eigenvalue weighted by atomic mass is 16.5. The van der Waals surface area contributed by atoms with Gasteiger partial charge in [-0.25, -0.2) is 4.79 Å². The number of carbonyl (C=O) groups is 1. The molecule has 3 aliphatic rings. The zero-order chi connectivity index (χ0) is 18.5. The van der Waals surface area contributed by atoms with E-state index in [0.29, 0.717) is 11.8 Å². The van der Waals surface area contributed by atoms with Crippen LogP contribution < -0.4 is 5.32 Å². The first-order chi connectivity index (χ1) is 13.3. The van der Waals surface area contributed by atoms with Gasteiger partial charge in [-0.2, -0.15) is 0 Å². The molecule has 0 aliphatic carbocycles. The van der Waals surface area contributed by atoms with E-state index in [1.807, 2.05) is 4.90 Å². The molecule has 7 heteroatoms. The number of fused-ring (bicyclic) bond motifs is 1. The van der Waals surface area contributed by atoms with E-state index in [2.05, 4.69) is 20.1 Å². The fourth-order valence-corrected chi connectivity index (χ4v) is 4.66. The van der Waals surface area contributed by atoms with Crippen LogP contribution >= 0.6 is 0 Å². The summed E-state index contributed by atoms with van der Waals surface area (Å²) in [6.45, 7) is 5.26. The van der Waals surface area contributed by atoms with Crippen LogP contribution in [0.1, 0.15) is 68.9 Å². The summed E-state index contributed by atoms with van der Waals surface area (Å²) in [5, 5.41) is 12.1. The Hall–Kier alpha value is -1.63. The Labute approximate surface area is 161 Å². The van der Waals surface area contributed by atoms with Crippen molar-refractivity contribution < 1.29 is 9.53 Å². The van der Waals surface area contributed by atoms with Gasteiger partial charge in [-0.05, 0) is 50.9 Å². The molecule has 2 fully saturated rings. The summed E-state index contributed by atoms with van der Waals surface area (Å²) in [7, 11) is 0. The molecule has 1 unspecified atom stereocenters. The smallest absolute Gasteiger partial charge is 0.317 e. The number of aromatic nitrogens is 3. The first kappa shape index (κ1) is 18.7. The van der Waals surface area contributed by atoms with Crippen molar-refractivity contribution in [2.24, 2.45) is 5.92 Å². The maximum atomic E-state index is 12.4. The Bertz CT molecular complexity index is 618. The number of hydrogen-bond donors (Lipinski definition) is 1. The van der Waals surface area contributed by atoms with Gasteiger partial charge in [0, 0.05) is 51.7 Å². The molecule has 1 N–H and O–H groups in total. The Kier molecular flexibility index (Phi) is 6.27. The molecule has 2 amide bonds. The lowest BCUT2D eigenvalue weighted by molar-refractivity contribution is 0.178. The second-order valence-electron chi connectivity index (χ2n) is 8.30. The lowest BCUT2D eigenvalue weighted by atomic mass is 9.96. The molecule has 4 rings (SSSR count). The third kappa shape index (κ3) is 4.62. The minimum atomic E-state index is 0.0937. The Balaban J connectivity index is 1.20. The normalized spacial score (nSPS) is 23.9. The fourth-order valence-electron chi connectivity index (χ4n) is 4.66. The average Bonchev–Trinajstić information content (AvgIpc) is 3.30. The van der Waals surface area contributed by atoms with Crippen LogP contribution in [0.5, 0.6) is 0 Å². The zero-order valence-electron chi connectivity index (χ0n) is 16.4.